The van der Waals surface area contributed by atoms with E-state index in [1.165, 1.54) is 6.92 Å². The number of fused-ring (bicyclic) bond motifs is 1. The topological polar surface area (TPSA) is 110 Å². The van der Waals surface area contributed by atoms with Crippen molar-refractivity contribution in [2.75, 3.05) is 24.7 Å². The number of nitrogens with zero attached hydrogens (tertiary/aromatic N) is 3. The third kappa shape index (κ3) is 4.07. The minimum absolute atomic E-state index is 0.00885. The molecular formula is C20H20F3N3O5S2. The van der Waals surface area contributed by atoms with Crippen molar-refractivity contribution >= 4 is 36.6 Å². The van der Waals surface area contributed by atoms with E-state index in [-0.39, 0.29) is 39.3 Å². The SMILES string of the molecule is CCS(=O)(=O)c1cc(C2CC2)c(N(C)C)nc1-c1nc2cc(S(=O)(=O)C(F)(F)F)ccc2o1. The van der Waals surface area contributed by atoms with Crippen LogP contribution in [0.3, 0.4) is 0 Å². The molecule has 4 rings (SSSR count). The number of sulfone groups is 2. The number of benzene rings is 1. The normalized spacial score (nSPS) is 15.2. The van der Waals surface area contributed by atoms with E-state index in [2.05, 4.69) is 9.97 Å². The summed E-state index contributed by atoms with van der Waals surface area (Å²) in [6, 6.07) is 4.11. The van der Waals surface area contributed by atoms with Crippen molar-refractivity contribution in [3.63, 3.8) is 0 Å². The summed E-state index contributed by atoms with van der Waals surface area (Å²) in [5.74, 6) is 0.282. The van der Waals surface area contributed by atoms with Gasteiger partial charge in [-0.1, -0.05) is 6.92 Å². The van der Waals surface area contributed by atoms with Crippen molar-refractivity contribution < 1.29 is 34.4 Å². The van der Waals surface area contributed by atoms with Crippen LogP contribution in [0.5, 0.6) is 0 Å². The maximum Gasteiger partial charge on any atom is 0.501 e. The molecule has 13 heteroatoms. The Balaban J connectivity index is 1.94. The summed E-state index contributed by atoms with van der Waals surface area (Å²) in [4.78, 5) is 9.26. The smallest absolute Gasteiger partial charge is 0.435 e. The fourth-order valence-corrected chi connectivity index (χ4v) is 5.23. The van der Waals surface area contributed by atoms with Crippen LogP contribution in [0, 0.1) is 0 Å². The third-order valence-corrected chi connectivity index (χ3v) is 8.55. The lowest BCUT2D eigenvalue weighted by Gasteiger charge is -2.19. The average molecular weight is 504 g/mol. The van der Waals surface area contributed by atoms with Crippen LogP contribution in [-0.4, -0.2) is 52.2 Å². The lowest BCUT2D eigenvalue weighted by atomic mass is 10.1. The zero-order chi connectivity index (χ0) is 24.3. The van der Waals surface area contributed by atoms with Crippen molar-refractivity contribution in [3.8, 4) is 11.6 Å². The van der Waals surface area contributed by atoms with Gasteiger partial charge in [-0.25, -0.2) is 26.8 Å². The minimum Gasteiger partial charge on any atom is -0.435 e. The van der Waals surface area contributed by atoms with Crippen LogP contribution in [-0.2, 0) is 19.7 Å². The lowest BCUT2D eigenvalue weighted by molar-refractivity contribution is -0.0435. The number of hydrogen-bond donors (Lipinski definition) is 0. The molecular weight excluding hydrogens is 483 g/mol. The molecule has 0 amide bonds. The van der Waals surface area contributed by atoms with Crippen molar-refractivity contribution in [3.05, 3.63) is 29.8 Å². The Hall–Kier alpha value is -2.67. The summed E-state index contributed by atoms with van der Waals surface area (Å²) in [7, 11) is -5.83. The van der Waals surface area contributed by atoms with Gasteiger partial charge in [0.05, 0.1) is 15.5 Å². The highest BCUT2D eigenvalue weighted by Crippen LogP contribution is 2.46. The molecule has 0 radical (unpaired) electrons. The molecule has 0 bridgehead atoms. The second-order valence-corrected chi connectivity index (χ2v) is 12.1. The van der Waals surface area contributed by atoms with Gasteiger partial charge >= 0.3 is 5.51 Å². The molecule has 178 valence electrons. The van der Waals surface area contributed by atoms with Crippen molar-refractivity contribution in [2.45, 2.75) is 41.0 Å². The second kappa shape index (κ2) is 7.69. The number of aromatic nitrogens is 2. The molecule has 0 spiro atoms. The first kappa shape index (κ1) is 23.5. The van der Waals surface area contributed by atoms with E-state index in [9.17, 15) is 30.0 Å². The van der Waals surface area contributed by atoms with Crippen LogP contribution < -0.4 is 4.90 Å². The number of oxazole rings is 1. The van der Waals surface area contributed by atoms with Gasteiger partial charge in [-0.3, -0.25) is 0 Å². The predicted molar refractivity (Wildman–Crippen MR) is 115 cm³/mol. The number of alkyl halides is 3. The third-order valence-electron chi connectivity index (χ3n) is 5.33. The largest absolute Gasteiger partial charge is 0.501 e. The molecule has 33 heavy (non-hydrogen) atoms. The molecule has 0 N–H and O–H groups in total. The van der Waals surface area contributed by atoms with Crippen LogP contribution in [0.2, 0.25) is 0 Å². The van der Waals surface area contributed by atoms with Crippen LogP contribution in [0.4, 0.5) is 19.0 Å². The van der Waals surface area contributed by atoms with E-state index in [0.29, 0.717) is 5.82 Å². The molecule has 0 aliphatic heterocycles. The quantitative estimate of drug-likeness (QED) is 0.498. The van der Waals surface area contributed by atoms with E-state index in [4.69, 9.17) is 4.42 Å². The second-order valence-electron chi connectivity index (χ2n) is 7.92. The Labute approximate surface area is 188 Å². The summed E-state index contributed by atoms with van der Waals surface area (Å²) in [5.41, 5.74) is -4.96. The monoisotopic (exact) mass is 503 g/mol. The number of hydrogen-bond acceptors (Lipinski definition) is 8. The molecule has 0 unspecified atom stereocenters. The van der Waals surface area contributed by atoms with Gasteiger partial charge in [0.1, 0.15) is 17.0 Å². The highest BCUT2D eigenvalue weighted by atomic mass is 32.2. The number of anilines is 1. The Morgan fingerprint density at radius 3 is 2.30 bits per heavy atom. The van der Waals surface area contributed by atoms with Crippen LogP contribution in [0.15, 0.2) is 38.5 Å². The van der Waals surface area contributed by atoms with E-state index >= 15 is 0 Å². The van der Waals surface area contributed by atoms with Gasteiger partial charge in [0.25, 0.3) is 9.84 Å². The molecule has 2 aromatic heterocycles. The van der Waals surface area contributed by atoms with Crippen LogP contribution in [0.25, 0.3) is 22.7 Å². The molecule has 8 nitrogen and oxygen atoms in total. The Morgan fingerprint density at radius 1 is 1.09 bits per heavy atom. The zero-order valence-corrected chi connectivity index (χ0v) is 19.5. The molecule has 1 aliphatic rings. The number of halogens is 3. The first-order valence-electron chi connectivity index (χ1n) is 9.93. The van der Waals surface area contributed by atoms with Crippen LogP contribution >= 0.6 is 0 Å². The summed E-state index contributed by atoms with van der Waals surface area (Å²) >= 11 is 0. The van der Waals surface area contributed by atoms with Gasteiger partial charge in [-0.15, -0.1) is 0 Å². The predicted octanol–water partition coefficient (Wildman–Crippen LogP) is 3.92. The molecule has 1 saturated carbocycles. The molecule has 1 aromatic carbocycles. The first-order valence-corrected chi connectivity index (χ1v) is 13.1. The molecule has 3 aromatic rings. The molecule has 1 aliphatic carbocycles. The summed E-state index contributed by atoms with van der Waals surface area (Å²) < 4.78 is 93.6. The Kier molecular flexibility index (Phi) is 5.47. The summed E-state index contributed by atoms with van der Waals surface area (Å²) in [6.07, 6.45) is 1.82. The number of rotatable bonds is 6. The van der Waals surface area contributed by atoms with Crippen molar-refractivity contribution in [1.82, 2.24) is 9.97 Å². The van der Waals surface area contributed by atoms with E-state index < -0.39 is 30.1 Å². The van der Waals surface area contributed by atoms with E-state index in [1.54, 1.807) is 25.1 Å². The number of pyridine rings is 1. The van der Waals surface area contributed by atoms with Crippen molar-refractivity contribution in [1.29, 1.82) is 0 Å². The Morgan fingerprint density at radius 2 is 1.76 bits per heavy atom. The van der Waals surface area contributed by atoms with Gasteiger partial charge in [0.2, 0.25) is 5.89 Å². The van der Waals surface area contributed by atoms with E-state index in [1.807, 2.05) is 0 Å². The highest BCUT2D eigenvalue weighted by Gasteiger charge is 2.47. The fraction of sp³-hybridized carbons (Fsp3) is 0.400. The lowest BCUT2D eigenvalue weighted by Crippen LogP contribution is -2.23. The van der Waals surface area contributed by atoms with Crippen LogP contribution in [0.1, 0.15) is 31.2 Å². The summed E-state index contributed by atoms with van der Waals surface area (Å²) in [5, 5.41) is 0. The first-order chi connectivity index (χ1) is 15.3. The van der Waals surface area contributed by atoms with Gasteiger partial charge in [-0.2, -0.15) is 13.2 Å². The average Bonchev–Trinajstić information content (AvgIpc) is 3.49. The standard InChI is InChI=1S/C20H20F3N3O5S2/c1-4-32(27,28)16-10-13(11-5-6-11)18(26(2)3)25-17(16)19-24-14-9-12(7-8-15(14)31-19)33(29,30)20(21,22)23/h7-11H,4-6H2,1-3H3. The highest BCUT2D eigenvalue weighted by molar-refractivity contribution is 7.92. The van der Waals surface area contributed by atoms with Gasteiger partial charge in [-0.05, 0) is 48.6 Å². The van der Waals surface area contributed by atoms with Crippen molar-refractivity contribution in [2.24, 2.45) is 0 Å². The molecule has 0 atom stereocenters. The Bertz CT molecular complexity index is 1460. The summed E-state index contributed by atoms with van der Waals surface area (Å²) in [6.45, 7) is 1.48. The maximum atomic E-state index is 12.9. The fourth-order valence-electron chi connectivity index (χ4n) is 3.41. The van der Waals surface area contributed by atoms with Gasteiger partial charge in [0, 0.05) is 14.1 Å². The molecule has 0 saturated heterocycles. The zero-order valence-electron chi connectivity index (χ0n) is 17.8. The maximum absolute atomic E-state index is 12.9. The molecule has 2 heterocycles. The van der Waals surface area contributed by atoms with Gasteiger partial charge < -0.3 is 9.32 Å². The molecule has 1 fully saturated rings. The van der Waals surface area contributed by atoms with Gasteiger partial charge in [0.15, 0.2) is 15.4 Å². The minimum atomic E-state index is -5.58. The van der Waals surface area contributed by atoms with E-state index in [0.717, 1.165) is 36.6 Å².